The van der Waals surface area contributed by atoms with Crippen LogP contribution in [0.2, 0.25) is 5.02 Å². The fourth-order valence-corrected chi connectivity index (χ4v) is 5.82. The van der Waals surface area contributed by atoms with Gasteiger partial charge in [0.1, 0.15) is 5.78 Å². The topological polar surface area (TPSA) is 92.2 Å². The van der Waals surface area contributed by atoms with Crippen molar-refractivity contribution in [2.24, 2.45) is 0 Å². The van der Waals surface area contributed by atoms with E-state index < -0.39 is 0 Å². The van der Waals surface area contributed by atoms with Crippen molar-refractivity contribution in [1.82, 2.24) is 20.5 Å². The monoisotopic (exact) mass is 658 g/mol. The molecule has 0 aliphatic carbocycles. The van der Waals surface area contributed by atoms with Crippen LogP contribution in [0.15, 0.2) is 42.5 Å². The van der Waals surface area contributed by atoms with Gasteiger partial charge in [0.25, 0.3) is 5.91 Å². The number of halogens is 1. The van der Waals surface area contributed by atoms with Crippen LogP contribution in [0.3, 0.4) is 0 Å². The van der Waals surface area contributed by atoms with Gasteiger partial charge in [-0.05, 0) is 75.6 Å². The number of ketones is 1. The van der Waals surface area contributed by atoms with E-state index in [0.29, 0.717) is 48.3 Å². The highest BCUT2D eigenvalue weighted by atomic mass is 35.5. The number of aryl methyl sites for hydroxylation is 1. The van der Waals surface area contributed by atoms with E-state index in [-0.39, 0.29) is 23.6 Å². The number of hydrogen-bond donors (Lipinski definition) is 5. The van der Waals surface area contributed by atoms with Gasteiger partial charge >= 0.3 is 0 Å². The molecule has 3 N–H and O–H groups in total. The van der Waals surface area contributed by atoms with E-state index in [1.165, 1.54) is 0 Å². The van der Waals surface area contributed by atoms with Crippen molar-refractivity contribution in [3.05, 3.63) is 69.9 Å². The van der Waals surface area contributed by atoms with Crippen LogP contribution in [-0.4, -0.2) is 65.4 Å². The summed E-state index contributed by atoms with van der Waals surface area (Å²) in [5.74, 6) is 1.25. The molecule has 10 heteroatoms. The number of aromatic nitrogens is 1. The molecule has 0 aliphatic rings. The van der Waals surface area contributed by atoms with E-state index in [4.69, 9.17) is 11.6 Å². The lowest BCUT2D eigenvalue weighted by atomic mass is 10.0. The van der Waals surface area contributed by atoms with E-state index >= 15 is 0 Å². The van der Waals surface area contributed by atoms with Gasteiger partial charge in [-0.25, -0.2) is 0 Å². The van der Waals surface area contributed by atoms with Gasteiger partial charge in [0.15, 0.2) is 0 Å². The summed E-state index contributed by atoms with van der Waals surface area (Å²) >= 11 is 14.6. The SMILES string of the molecule is Cc1ccc2c(c1)c(CC(=O)CCCCCCCNC(=O)C(CS)NCCN[C@@H](C)CS)c(C)n2C(=O)c1ccc(Cl)cc1. The molecule has 44 heavy (non-hydrogen) atoms. The molecular weight excluding hydrogens is 612 g/mol. The molecule has 0 fully saturated rings. The summed E-state index contributed by atoms with van der Waals surface area (Å²) < 4.78 is 1.72. The first-order valence-electron chi connectivity index (χ1n) is 15.5. The van der Waals surface area contributed by atoms with Crippen LogP contribution in [-0.2, 0) is 16.0 Å². The Kier molecular flexibility index (Phi) is 15.3. The number of nitrogens with one attached hydrogen (secondary N) is 3. The van der Waals surface area contributed by atoms with Gasteiger partial charge in [-0.3, -0.25) is 19.0 Å². The largest absolute Gasteiger partial charge is 0.355 e. The predicted molar refractivity (Wildman–Crippen MR) is 189 cm³/mol. The molecule has 2 atom stereocenters. The molecule has 3 aromatic rings. The van der Waals surface area contributed by atoms with E-state index in [2.05, 4.69) is 54.2 Å². The Bertz CT molecular complexity index is 1390. The smallest absolute Gasteiger partial charge is 0.262 e. The standard InChI is InChI=1S/C34H47ClN4O3S2/c1-23-10-15-32-30(19-23)29(25(3)39(32)34(42)26-11-13-27(35)14-12-26)20-28(40)9-7-5-4-6-8-16-38-33(41)31(22-44)37-18-17-36-24(2)21-43/h10-15,19,24,31,36-37,43-44H,4-9,16-18,20-22H2,1-3H3,(H,38,41)/t24-,31?/m0/s1. The van der Waals surface area contributed by atoms with E-state index in [0.717, 1.165) is 72.1 Å². The molecule has 0 radical (unpaired) electrons. The van der Waals surface area contributed by atoms with Gasteiger partial charge in [-0.1, -0.05) is 42.5 Å². The van der Waals surface area contributed by atoms with Crippen LogP contribution in [0, 0.1) is 13.8 Å². The van der Waals surface area contributed by atoms with E-state index in [9.17, 15) is 14.4 Å². The highest BCUT2D eigenvalue weighted by molar-refractivity contribution is 7.80. The maximum absolute atomic E-state index is 13.5. The lowest BCUT2D eigenvalue weighted by Crippen LogP contribution is -2.48. The first-order valence-corrected chi connectivity index (χ1v) is 17.2. The van der Waals surface area contributed by atoms with Crippen molar-refractivity contribution in [1.29, 1.82) is 0 Å². The zero-order chi connectivity index (χ0) is 32.1. The molecule has 1 amide bonds. The molecular formula is C34H47ClN4O3S2. The fourth-order valence-electron chi connectivity index (χ4n) is 5.27. The molecule has 0 spiro atoms. The highest BCUT2D eigenvalue weighted by Crippen LogP contribution is 2.29. The lowest BCUT2D eigenvalue weighted by Gasteiger charge is -2.17. The van der Waals surface area contributed by atoms with Gasteiger partial charge in [-0.2, -0.15) is 25.3 Å². The van der Waals surface area contributed by atoms with Gasteiger partial charge in [-0.15, -0.1) is 0 Å². The first-order chi connectivity index (χ1) is 21.2. The van der Waals surface area contributed by atoms with Gasteiger partial charge in [0, 0.05) is 71.7 Å². The fraction of sp³-hybridized carbons (Fsp3) is 0.500. The van der Waals surface area contributed by atoms with E-state index in [1.807, 2.05) is 26.0 Å². The number of carbonyl (C=O) groups excluding carboxylic acids is 3. The number of nitrogens with zero attached hydrogens (tertiary/aromatic N) is 1. The van der Waals surface area contributed by atoms with Crippen molar-refractivity contribution in [3.63, 3.8) is 0 Å². The number of unbranched alkanes of at least 4 members (excludes halogenated alkanes) is 4. The van der Waals surface area contributed by atoms with Crippen LogP contribution in [0.4, 0.5) is 0 Å². The Labute approximate surface area is 278 Å². The second-order valence-electron chi connectivity index (χ2n) is 11.5. The van der Waals surface area contributed by atoms with Crippen LogP contribution in [0.5, 0.6) is 0 Å². The minimum atomic E-state index is -0.311. The Morgan fingerprint density at radius 3 is 2.25 bits per heavy atom. The summed E-state index contributed by atoms with van der Waals surface area (Å²) in [7, 11) is 0. The molecule has 0 saturated heterocycles. The number of fused-ring (bicyclic) bond motifs is 1. The predicted octanol–water partition coefficient (Wildman–Crippen LogP) is 5.96. The third-order valence-electron chi connectivity index (χ3n) is 7.87. The molecule has 1 aromatic heterocycles. The first kappa shape index (κ1) is 36.2. The number of amides is 1. The Hall–Kier alpha value is -2.30. The quantitative estimate of drug-likeness (QED) is 0.0810. The van der Waals surface area contributed by atoms with Crippen molar-refractivity contribution in [2.75, 3.05) is 31.1 Å². The summed E-state index contributed by atoms with van der Waals surface area (Å²) in [5.41, 5.74) is 4.17. The molecule has 1 unspecified atom stereocenters. The van der Waals surface area contributed by atoms with Crippen molar-refractivity contribution in [3.8, 4) is 0 Å². The number of Topliss-reactive ketones (excluding diaryl/α,β-unsaturated/α-hetero) is 1. The Morgan fingerprint density at radius 2 is 1.55 bits per heavy atom. The van der Waals surface area contributed by atoms with Crippen LogP contribution in [0.1, 0.15) is 72.6 Å². The lowest BCUT2D eigenvalue weighted by molar-refractivity contribution is -0.122. The molecule has 3 rings (SSSR count). The third-order valence-corrected chi connectivity index (χ3v) is 9.04. The second kappa shape index (κ2) is 18.6. The number of carbonyl (C=O) groups is 3. The number of thiol groups is 2. The average Bonchev–Trinajstić information content (AvgIpc) is 3.27. The average molecular weight is 659 g/mol. The Morgan fingerprint density at radius 1 is 0.864 bits per heavy atom. The van der Waals surface area contributed by atoms with E-state index in [1.54, 1.807) is 28.8 Å². The normalized spacial score (nSPS) is 12.8. The summed E-state index contributed by atoms with van der Waals surface area (Å²) in [4.78, 5) is 39.0. The molecule has 0 saturated carbocycles. The highest BCUT2D eigenvalue weighted by Gasteiger charge is 2.21. The summed E-state index contributed by atoms with van der Waals surface area (Å²) in [6.07, 6.45) is 5.53. The number of benzene rings is 2. The molecule has 0 aliphatic heterocycles. The summed E-state index contributed by atoms with van der Waals surface area (Å²) in [6, 6.07) is 12.9. The zero-order valence-electron chi connectivity index (χ0n) is 26.1. The zero-order valence-corrected chi connectivity index (χ0v) is 28.7. The van der Waals surface area contributed by atoms with Crippen molar-refractivity contribution < 1.29 is 14.4 Å². The third kappa shape index (κ3) is 10.7. The van der Waals surface area contributed by atoms with Gasteiger partial charge in [0.05, 0.1) is 11.6 Å². The van der Waals surface area contributed by atoms with Gasteiger partial charge < -0.3 is 16.0 Å². The van der Waals surface area contributed by atoms with Gasteiger partial charge in [0.2, 0.25) is 5.91 Å². The maximum atomic E-state index is 13.5. The van der Waals surface area contributed by atoms with Crippen LogP contribution in [0.25, 0.3) is 10.9 Å². The second-order valence-corrected chi connectivity index (χ2v) is 12.7. The van der Waals surface area contributed by atoms with Crippen molar-refractivity contribution >= 4 is 65.4 Å². The van der Waals surface area contributed by atoms with Crippen LogP contribution >= 0.6 is 36.9 Å². The maximum Gasteiger partial charge on any atom is 0.262 e. The number of rotatable bonds is 19. The van der Waals surface area contributed by atoms with Crippen LogP contribution < -0.4 is 16.0 Å². The number of hydrogen-bond acceptors (Lipinski definition) is 7. The molecule has 240 valence electrons. The van der Waals surface area contributed by atoms with Crippen molar-refractivity contribution in [2.45, 2.75) is 77.8 Å². The molecule has 7 nitrogen and oxygen atoms in total. The summed E-state index contributed by atoms with van der Waals surface area (Å²) in [6.45, 7) is 8.11. The molecule has 1 heterocycles. The minimum absolute atomic E-state index is 0.0189. The molecule has 2 aromatic carbocycles. The molecule has 0 bridgehead atoms. The minimum Gasteiger partial charge on any atom is -0.355 e. The Balaban J connectivity index is 1.42. The summed E-state index contributed by atoms with van der Waals surface area (Å²) in [5, 5.41) is 11.1.